The molecule has 4 rings (SSSR count). The molecule has 4 aromatic carbocycles. The summed E-state index contributed by atoms with van der Waals surface area (Å²) in [6.45, 7) is 3.40. The molecule has 7 heteroatoms. The average Bonchev–Trinajstić information content (AvgIpc) is 2.99. The lowest BCUT2D eigenvalue weighted by atomic mass is 9.76. The van der Waals surface area contributed by atoms with Crippen LogP contribution in [0.3, 0.4) is 0 Å². The van der Waals surface area contributed by atoms with Crippen LogP contribution in [0.25, 0.3) is 0 Å². The van der Waals surface area contributed by atoms with Crippen molar-refractivity contribution in [3.8, 4) is 0 Å². The molecule has 4 aromatic rings. The monoisotopic (exact) mass is 555 g/mol. The van der Waals surface area contributed by atoms with Gasteiger partial charge in [0.25, 0.3) is 0 Å². The van der Waals surface area contributed by atoms with E-state index in [1.807, 2.05) is 60.7 Å². The zero-order valence-corrected chi connectivity index (χ0v) is 22.9. The van der Waals surface area contributed by atoms with Crippen LogP contribution in [0.15, 0.2) is 114 Å². The summed E-state index contributed by atoms with van der Waals surface area (Å²) in [4.78, 5) is 31.8. The van der Waals surface area contributed by atoms with Crippen LogP contribution in [-0.4, -0.2) is 30.9 Å². The van der Waals surface area contributed by atoms with Gasteiger partial charge in [0, 0.05) is 17.5 Å². The van der Waals surface area contributed by atoms with Crippen LogP contribution in [0.5, 0.6) is 0 Å². The fourth-order valence-electron chi connectivity index (χ4n) is 4.75. The summed E-state index contributed by atoms with van der Waals surface area (Å²) < 4.78 is 39.0. The highest BCUT2D eigenvalue weighted by molar-refractivity contribution is 6.13. The molecule has 0 radical (unpaired) electrons. The van der Waals surface area contributed by atoms with Crippen molar-refractivity contribution in [2.75, 3.05) is 13.2 Å². The Morgan fingerprint density at radius 1 is 0.659 bits per heavy atom. The smallest absolute Gasteiger partial charge is 0.320 e. The van der Waals surface area contributed by atoms with E-state index in [4.69, 9.17) is 14.5 Å². The van der Waals surface area contributed by atoms with E-state index in [9.17, 15) is 18.4 Å². The van der Waals surface area contributed by atoms with Gasteiger partial charge in [-0.15, -0.1) is 0 Å². The summed E-state index contributed by atoms with van der Waals surface area (Å²) >= 11 is 0. The Labute approximate surface area is 238 Å². The molecule has 0 saturated heterocycles. The van der Waals surface area contributed by atoms with Crippen molar-refractivity contribution in [3.63, 3.8) is 0 Å². The highest BCUT2D eigenvalue weighted by atomic mass is 19.1. The topological polar surface area (TPSA) is 65.0 Å². The summed E-state index contributed by atoms with van der Waals surface area (Å²) in [5.41, 5.74) is 1.63. The maximum Gasteiger partial charge on any atom is 0.320 e. The molecule has 41 heavy (non-hydrogen) atoms. The van der Waals surface area contributed by atoms with Gasteiger partial charge < -0.3 is 9.47 Å². The molecule has 0 unspecified atom stereocenters. The minimum Gasteiger partial charge on any atom is -0.465 e. The lowest BCUT2D eigenvalue weighted by molar-refractivity contribution is -0.162. The highest BCUT2D eigenvalue weighted by Gasteiger charge is 2.43. The Morgan fingerprint density at radius 3 is 1.41 bits per heavy atom. The van der Waals surface area contributed by atoms with Gasteiger partial charge in [-0.1, -0.05) is 84.9 Å². The molecule has 0 heterocycles. The minimum absolute atomic E-state index is 0.0530. The van der Waals surface area contributed by atoms with E-state index in [1.54, 1.807) is 38.1 Å². The molecule has 0 aliphatic heterocycles. The zero-order valence-electron chi connectivity index (χ0n) is 22.9. The van der Waals surface area contributed by atoms with Crippen molar-refractivity contribution in [2.24, 2.45) is 10.9 Å². The molecule has 0 fully saturated rings. The van der Waals surface area contributed by atoms with Crippen LogP contribution in [0.1, 0.15) is 42.5 Å². The first-order valence-corrected chi connectivity index (χ1v) is 13.4. The van der Waals surface area contributed by atoms with Gasteiger partial charge in [-0.2, -0.15) is 0 Å². The second kappa shape index (κ2) is 13.6. The van der Waals surface area contributed by atoms with E-state index in [0.29, 0.717) is 16.8 Å². The number of halogens is 2. The molecular weight excluding hydrogens is 524 g/mol. The second-order valence-corrected chi connectivity index (χ2v) is 9.33. The Kier molecular flexibility index (Phi) is 9.74. The first-order valence-electron chi connectivity index (χ1n) is 13.4. The highest BCUT2D eigenvalue weighted by Crippen LogP contribution is 2.42. The fraction of sp³-hybridized carbons (Fsp3) is 0.206. The van der Waals surface area contributed by atoms with Gasteiger partial charge in [-0.25, -0.2) is 8.78 Å². The van der Waals surface area contributed by atoms with Crippen LogP contribution in [0.2, 0.25) is 0 Å². The standard InChI is InChI=1S/C34H31F2NO4/c1-3-40-32(38)30(33(39)41-4-2)23-34(26-15-19-28(35)20-16-26,27-17-21-29(36)22-18-27)37-31(24-11-7-5-8-12-24)25-13-9-6-10-14-25/h5-22,30H,3-4,23H2,1-2H3. The lowest BCUT2D eigenvalue weighted by Crippen LogP contribution is -2.38. The zero-order chi connectivity index (χ0) is 29.2. The number of esters is 2. The molecule has 0 aliphatic rings. The fourth-order valence-corrected chi connectivity index (χ4v) is 4.75. The number of ether oxygens (including phenoxy) is 2. The van der Waals surface area contributed by atoms with Crippen LogP contribution in [0, 0.1) is 17.6 Å². The number of aliphatic imine (C=N–C) groups is 1. The van der Waals surface area contributed by atoms with Crippen molar-refractivity contribution in [1.29, 1.82) is 0 Å². The SMILES string of the molecule is CCOC(=O)C(CC(N=C(c1ccccc1)c1ccccc1)(c1ccc(F)cc1)c1ccc(F)cc1)C(=O)OCC. The molecule has 5 nitrogen and oxygen atoms in total. The van der Waals surface area contributed by atoms with Crippen molar-refractivity contribution in [3.05, 3.63) is 143 Å². The number of rotatable bonds is 11. The van der Waals surface area contributed by atoms with E-state index in [1.165, 1.54) is 24.3 Å². The molecule has 0 atom stereocenters. The molecule has 0 saturated carbocycles. The second-order valence-electron chi connectivity index (χ2n) is 9.33. The normalized spacial score (nSPS) is 11.1. The van der Waals surface area contributed by atoms with Crippen molar-refractivity contribution in [1.82, 2.24) is 0 Å². The van der Waals surface area contributed by atoms with Crippen LogP contribution in [-0.2, 0) is 24.6 Å². The molecule has 210 valence electrons. The Hall–Kier alpha value is -4.65. The first-order chi connectivity index (χ1) is 19.9. The summed E-state index contributed by atoms with van der Waals surface area (Å²) in [5, 5.41) is 0. The van der Waals surface area contributed by atoms with E-state index < -0.39 is 35.0 Å². The predicted octanol–water partition coefficient (Wildman–Crippen LogP) is 6.88. The van der Waals surface area contributed by atoms with Gasteiger partial charge in [0.15, 0.2) is 5.92 Å². The first kappa shape index (κ1) is 29.3. The van der Waals surface area contributed by atoms with Crippen LogP contribution < -0.4 is 0 Å². The van der Waals surface area contributed by atoms with E-state index in [2.05, 4.69) is 0 Å². The summed E-state index contributed by atoms with van der Waals surface area (Å²) in [5.74, 6) is -3.85. The number of nitrogens with zero attached hydrogens (tertiary/aromatic N) is 1. The maximum absolute atomic E-state index is 14.2. The third-order valence-electron chi connectivity index (χ3n) is 6.68. The molecule has 0 aliphatic carbocycles. The van der Waals surface area contributed by atoms with Gasteiger partial charge in [0.2, 0.25) is 0 Å². The average molecular weight is 556 g/mol. The van der Waals surface area contributed by atoms with Gasteiger partial charge in [0.05, 0.1) is 18.9 Å². The van der Waals surface area contributed by atoms with E-state index in [0.717, 1.165) is 11.1 Å². The number of carbonyl (C=O) groups is 2. The lowest BCUT2D eigenvalue weighted by Gasteiger charge is -2.34. The minimum atomic E-state index is -1.47. The molecular formula is C34H31F2NO4. The summed E-state index contributed by atoms with van der Waals surface area (Å²) in [7, 11) is 0. The van der Waals surface area contributed by atoms with E-state index >= 15 is 0 Å². The Bertz CT molecular complexity index is 1370. The largest absolute Gasteiger partial charge is 0.465 e. The van der Waals surface area contributed by atoms with Gasteiger partial charge in [-0.05, 0) is 49.2 Å². The molecule has 0 bridgehead atoms. The van der Waals surface area contributed by atoms with Crippen molar-refractivity contribution < 1.29 is 27.8 Å². The molecule has 0 aromatic heterocycles. The van der Waals surface area contributed by atoms with Crippen molar-refractivity contribution >= 4 is 17.7 Å². The van der Waals surface area contributed by atoms with Crippen molar-refractivity contribution in [2.45, 2.75) is 25.8 Å². The molecule has 0 amide bonds. The predicted molar refractivity (Wildman–Crippen MR) is 153 cm³/mol. The van der Waals surface area contributed by atoms with Gasteiger partial charge in [-0.3, -0.25) is 14.6 Å². The number of hydrogen-bond donors (Lipinski definition) is 0. The number of benzene rings is 4. The Morgan fingerprint density at radius 2 is 1.05 bits per heavy atom. The van der Waals surface area contributed by atoms with E-state index in [-0.39, 0.29) is 19.6 Å². The van der Waals surface area contributed by atoms with Crippen LogP contribution in [0.4, 0.5) is 8.78 Å². The summed E-state index contributed by atoms with van der Waals surface area (Å²) in [6, 6.07) is 30.3. The van der Waals surface area contributed by atoms with Crippen LogP contribution >= 0.6 is 0 Å². The van der Waals surface area contributed by atoms with Gasteiger partial charge >= 0.3 is 11.9 Å². The molecule has 0 N–H and O–H groups in total. The molecule has 0 spiro atoms. The number of hydrogen-bond acceptors (Lipinski definition) is 5. The third kappa shape index (κ3) is 6.92. The third-order valence-corrected chi connectivity index (χ3v) is 6.68. The quantitative estimate of drug-likeness (QED) is 0.115. The number of carbonyl (C=O) groups excluding carboxylic acids is 2. The maximum atomic E-state index is 14.2. The Balaban J connectivity index is 2.09. The van der Waals surface area contributed by atoms with Gasteiger partial charge in [0.1, 0.15) is 17.2 Å². The summed E-state index contributed by atoms with van der Waals surface area (Å²) in [6.07, 6.45) is -0.217.